The molecule has 1 unspecified atom stereocenters. The third-order valence-corrected chi connectivity index (χ3v) is 4.19. The van der Waals surface area contributed by atoms with Crippen LogP contribution in [0.15, 0.2) is 12.7 Å². The summed E-state index contributed by atoms with van der Waals surface area (Å²) < 4.78 is 24.5. The number of terminal acetylenes is 1. The van der Waals surface area contributed by atoms with Crippen LogP contribution in [0.3, 0.4) is 0 Å². The van der Waals surface area contributed by atoms with Gasteiger partial charge in [-0.05, 0) is 6.92 Å². The summed E-state index contributed by atoms with van der Waals surface area (Å²) in [6, 6.07) is 0. The standard InChI is InChI=1S/C13H18N5O3P/c1-4-5-21-22(3,19)9-20-10(2)6-18-8-17-11-12(14)15-7-16-13(11)18/h1,7-8,10H,5-6,9H2,2-3H3,(H2,14,15,16)/t10-,22?/m1/s1. The van der Waals surface area contributed by atoms with Gasteiger partial charge in [-0.15, -0.1) is 6.42 Å². The molecule has 2 heterocycles. The minimum absolute atomic E-state index is 0.000397. The SMILES string of the molecule is C#CCOP(C)(=O)CO[C@H](C)Cn1cnc2c(N)ncnc21. The van der Waals surface area contributed by atoms with Crippen LogP contribution in [-0.2, 0) is 20.4 Å². The molecule has 0 aliphatic heterocycles. The Hall–Kier alpha value is -1.94. The van der Waals surface area contributed by atoms with Gasteiger partial charge in [-0.2, -0.15) is 0 Å². The second-order valence-electron chi connectivity index (χ2n) is 4.93. The maximum atomic E-state index is 12.0. The molecule has 2 atom stereocenters. The first kappa shape index (κ1) is 16.4. The molecule has 0 saturated carbocycles. The molecule has 2 N–H and O–H groups in total. The average molecular weight is 323 g/mol. The van der Waals surface area contributed by atoms with E-state index in [1.54, 1.807) is 10.9 Å². The third-order valence-electron chi connectivity index (χ3n) is 2.90. The van der Waals surface area contributed by atoms with E-state index in [9.17, 15) is 4.57 Å². The van der Waals surface area contributed by atoms with Gasteiger partial charge in [-0.3, -0.25) is 4.57 Å². The minimum atomic E-state index is -2.84. The second-order valence-corrected chi connectivity index (χ2v) is 7.47. The zero-order valence-electron chi connectivity index (χ0n) is 12.5. The second kappa shape index (κ2) is 6.88. The van der Waals surface area contributed by atoms with Crippen molar-refractivity contribution >= 4 is 24.4 Å². The fraction of sp³-hybridized carbons (Fsp3) is 0.462. The Bertz CT molecular complexity index is 739. The highest BCUT2D eigenvalue weighted by molar-refractivity contribution is 7.57. The fourth-order valence-electron chi connectivity index (χ4n) is 1.84. The van der Waals surface area contributed by atoms with Gasteiger partial charge in [0, 0.05) is 6.66 Å². The van der Waals surface area contributed by atoms with E-state index in [2.05, 4.69) is 20.9 Å². The maximum Gasteiger partial charge on any atom is 0.225 e. The molecule has 2 rings (SSSR count). The van der Waals surface area contributed by atoms with Crippen LogP contribution < -0.4 is 5.73 Å². The summed E-state index contributed by atoms with van der Waals surface area (Å²) in [6.45, 7) is 3.85. The molecule has 9 heteroatoms. The molecule has 0 spiro atoms. The van der Waals surface area contributed by atoms with Crippen molar-refractivity contribution in [1.29, 1.82) is 0 Å². The van der Waals surface area contributed by atoms with Crippen molar-refractivity contribution in [3.63, 3.8) is 0 Å². The molecule has 118 valence electrons. The van der Waals surface area contributed by atoms with Gasteiger partial charge in [-0.25, -0.2) is 15.0 Å². The molecule has 22 heavy (non-hydrogen) atoms. The van der Waals surface area contributed by atoms with Crippen LogP contribution in [0.4, 0.5) is 5.82 Å². The molecule has 0 radical (unpaired) electrons. The zero-order valence-corrected chi connectivity index (χ0v) is 13.4. The quantitative estimate of drug-likeness (QED) is 0.605. The summed E-state index contributed by atoms with van der Waals surface area (Å²) in [7, 11) is -2.84. The van der Waals surface area contributed by atoms with E-state index in [-0.39, 0.29) is 19.1 Å². The predicted molar refractivity (Wildman–Crippen MR) is 83.5 cm³/mol. The van der Waals surface area contributed by atoms with Crippen molar-refractivity contribution in [2.45, 2.75) is 19.6 Å². The Kier molecular flexibility index (Phi) is 5.14. The Morgan fingerprint density at radius 1 is 1.50 bits per heavy atom. The average Bonchev–Trinajstić information content (AvgIpc) is 2.88. The van der Waals surface area contributed by atoms with E-state index in [0.29, 0.717) is 23.5 Å². The predicted octanol–water partition coefficient (Wildman–Crippen LogP) is 1.33. The fourth-order valence-corrected chi connectivity index (χ4v) is 2.78. The number of nitrogens with two attached hydrogens (primary N) is 1. The van der Waals surface area contributed by atoms with Gasteiger partial charge < -0.3 is 19.6 Å². The maximum absolute atomic E-state index is 12.0. The van der Waals surface area contributed by atoms with Crippen molar-refractivity contribution in [2.24, 2.45) is 0 Å². The summed E-state index contributed by atoms with van der Waals surface area (Å²) in [6.07, 6.45) is 7.87. The molecule has 2 aromatic rings. The number of nitrogen functional groups attached to an aromatic ring is 1. The van der Waals surface area contributed by atoms with Gasteiger partial charge in [0.05, 0.1) is 19.0 Å². The molecule has 0 aliphatic carbocycles. The third kappa shape index (κ3) is 4.04. The Morgan fingerprint density at radius 2 is 2.27 bits per heavy atom. The number of fused-ring (bicyclic) bond motifs is 1. The molecule has 0 bridgehead atoms. The number of nitrogens with zero attached hydrogens (tertiary/aromatic N) is 4. The summed E-state index contributed by atoms with van der Waals surface area (Å²) in [5, 5.41) is 0. The first-order chi connectivity index (χ1) is 10.4. The van der Waals surface area contributed by atoms with Crippen LogP contribution in [0.5, 0.6) is 0 Å². The van der Waals surface area contributed by atoms with E-state index >= 15 is 0 Å². The zero-order chi connectivity index (χ0) is 16.2. The van der Waals surface area contributed by atoms with Crippen LogP contribution in [0.25, 0.3) is 11.2 Å². The van der Waals surface area contributed by atoms with Gasteiger partial charge in [0.25, 0.3) is 0 Å². The number of ether oxygens (including phenoxy) is 1. The normalized spacial score (nSPS) is 15.3. The first-order valence-electron chi connectivity index (χ1n) is 6.60. The largest absolute Gasteiger partial charge is 0.382 e. The number of rotatable bonds is 7. The molecule has 8 nitrogen and oxygen atoms in total. The molecule has 0 aliphatic rings. The monoisotopic (exact) mass is 323 g/mol. The highest BCUT2D eigenvalue weighted by atomic mass is 31.2. The van der Waals surface area contributed by atoms with Crippen molar-refractivity contribution in [3.05, 3.63) is 12.7 Å². The van der Waals surface area contributed by atoms with Crippen LogP contribution >= 0.6 is 7.37 Å². The van der Waals surface area contributed by atoms with Gasteiger partial charge in [0.2, 0.25) is 7.37 Å². The number of hydrogen-bond acceptors (Lipinski definition) is 7. The van der Waals surface area contributed by atoms with Gasteiger partial charge >= 0.3 is 0 Å². The number of imidazole rings is 1. The summed E-state index contributed by atoms with van der Waals surface area (Å²) in [5.41, 5.74) is 6.91. The van der Waals surface area contributed by atoms with E-state index in [1.165, 1.54) is 13.0 Å². The van der Waals surface area contributed by atoms with Crippen molar-refractivity contribution < 1.29 is 13.8 Å². The lowest BCUT2D eigenvalue weighted by atomic mass is 10.4. The van der Waals surface area contributed by atoms with E-state index < -0.39 is 7.37 Å². The van der Waals surface area contributed by atoms with Crippen molar-refractivity contribution in [3.8, 4) is 12.3 Å². The van der Waals surface area contributed by atoms with E-state index in [1.807, 2.05) is 6.92 Å². The van der Waals surface area contributed by atoms with E-state index in [4.69, 9.17) is 21.4 Å². The summed E-state index contributed by atoms with van der Waals surface area (Å²) in [5.74, 6) is 2.62. The van der Waals surface area contributed by atoms with Crippen LogP contribution in [-0.4, -0.2) is 45.2 Å². The molecule has 2 aromatic heterocycles. The smallest absolute Gasteiger partial charge is 0.225 e. The molecule has 0 amide bonds. The highest BCUT2D eigenvalue weighted by Gasteiger charge is 2.18. The lowest BCUT2D eigenvalue weighted by Gasteiger charge is -2.17. The van der Waals surface area contributed by atoms with Gasteiger partial charge in [-0.1, -0.05) is 5.92 Å². The highest BCUT2D eigenvalue weighted by Crippen LogP contribution is 2.42. The lowest BCUT2D eigenvalue weighted by molar-refractivity contribution is 0.0809. The number of aromatic nitrogens is 4. The van der Waals surface area contributed by atoms with E-state index in [0.717, 1.165) is 0 Å². The lowest BCUT2D eigenvalue weighted by Crippen LogP contribution is -2.17. The van der Waals surface area contributed by atoms with Crippen LogP contribution in [0, 0.1) is 12.3 Å². The van der Waals surface area contributed by atoms with Crippen LogP contribution in [0.1, 0.15) is 6.92 Å². The summed E-state index contributed by atoms with van der Waals surface area (Å²) >= 11 is 0. The Labute approximate surface area is 128 Å². The van der Waals surface area contributed by atoms with Crippen molar-refractivity contribution in [1.82, 2.24) is 19.5 Å². The molecular weight excluding hydrogens is 305 g/mol. The van der Waals surface area contributed by atoms with Crippen molar-refractivity contribution in [2.75, 3.05) is 25.4 Å². The number of anilines is 1. The topological polar surface area (TPSA) is 105 Å². The molecule has 0 fully saturated rings. The summed E-state index contributed by atoms with van der Waals surface area (Å²) in [4.78, 5) is 12.2. The van der Waals surface area contributed by atoms with Gasteiger partial charge in [0.15, 0.2) is 11.5 Å². The Morgan fingerprint density at radius 3 is 3.00 bits per heavy atom. The van der Waals surface area contributed by atoms with Crippen LogP contribution in [0.2, 0.25) is 0 Å². The Balaban J connectivity index is 1.97. The molecule has 0 saturated heterocycles. The molecular formula is C13H18N5O3P. The first-order valence-corrected chi connectivity index (χ1v) is 8.86. The minimum Gasteiger partial charge on any atom is -0.382 e. The molecule has 0 aromatic carbocycles. The van der Waals surface area contributed by atoms with Gasteiger partial charge in [0.1, 0.15) is 24.8 Å². The number of hydrogen-bond donors (Lipinski definition) is 1.